The monoisotopic (exact) mass is 434 g/mol. The highest BCUT2D eigenvalue weighted by Crippen LogP contribution is 2.36. The van der Waals surface area contributed by atoms with Gasteiger partial charge in [0.1, 0.15) is 6.04 Å². The molecule has 0 fully saturated rings. The molecule has 0 bridgehead atoms. The van der Waals surface area contributed by atoms with Gasteiger partial charge in [-0.15, -0.1) is 0 Å². The van der Waals surface area contributed by atoms with Crippen LogP contribution in [0.3, 0.4) is 0 Å². The number of amides is 2. The zero-order valence-electron chi connectivity index (χ0n) is 13.9. The van der Waals surface area contributed by atoms with E-state index in [0.717, 1.165) is 25.9 Å². The number of carbonyl (C=O) groups excluding carboxylic acids is 2. The molecule has 2 aromatic carbocycles. The van der Waals surface area contributed by atoms with Crippen LogP contribution in [0.4, 0.5) is 5.69 Å². The van der Waals surface area contributed by atoms with E-state index in [-0.39, 0.29) is 11.8 Å². The Kier molecular flexibility index (Phi) is 4.62. The van der Waals surface area contributed by atoms with Crippen molar-refractivity contribution in [1.29, 1.82) is 0 Å². The van der Waals surface area contributed by atoms with Gasteiger partial charge in [-0.2, -0.15) is 0 Å². The number of nitrogens with one attached hydrogen (secondary N) is 1. The number of carbonyl (C=O) groups is 2. The Hall–Kier alpha value is -1.89. The number of nitrogens with zero attached hydrogens (tertiary/aromatic N) is 1. The number of benzene rings is 2. The topological polar surface area (TPSA) is 49.4 Å². The van der Waals surface area contributed by atoms with Crippen LogP contribution in [0.1, 0.15) is 40.0 Å². The first-order valence-corrected chi connectivity index (χ1v) is 8.99. The van der Waals surface area contributed by atoms with E-state index >= 15 is 0 Å². The first-order valence-electron chi connectivity index (χ1n) is 7.92. The van der Waals surface area contributed by atoms with Crippen LogP contribution >= 0.6 is 22.6 Å². The van der Waals surface area contributed by atoms with E-state index in [1.807, 2.05) is 51.1 Å². The second kappa shape index (κ2) is 6.55. The van der Waals surface area contributed by atoms with Crippen LogP contribution in [0.2, 0.25) is 0 Å². The quantitative estimate of drug-likeness (QED) is 0.749. The Balaban J connectivity index is 1.96. The van der Waals surface area contributed by atoms with Crippen LogP contribution in [-0.2, 0) is 4.79 Å². The summed E-state index contributed by atoms with van der Waals surface area (Å²) in [5, 5.41) is 2.93. The fourth-order valence-electron chi connectivity index (χ4n) is 3.09. The van der Waals surface area contributed by atoms with Gasteiger partial charge in [0.15, 0.2) is 0 Å². The van der Waals surface area contributed by atoms with E-state index in [4.69, 9.17) is 0 Å². The number of halogens is 1. The molecule has 124 valence electrons. The Morgan fingerprint density at radius 1 is 1.25 bits per heavy atom. The molecular weight excluding hydrogens is 415 g/mol. The number of rotatable bonds is 3. The highest BCUT2D eigenvalue weighted by atomic mass is 127. The van der Waals surface area contributed by atoms with Crippen LogP contribution < -0.4 is 10.2 Å². The maximum atomic E-state index is 12.7. The lowest BCUT2D eigenvalue weighted by molar-refractivity contribution is -0.119. The second-order valence-electron chi connectivity index (χ2n) is 5.96. The number of fused-ring (bicyclic) bond motifs is 1. The summed E-state index contributed by atoms with van der Waals surface area (Å²) >= 11 is 2.21. The average Bonchev–Trinajstić information content (AvgIpc) is 2.81. The molecule has 5 heteroatoms. The molecule has 2 aromatic rings. The summed E-state index contributed by atoms with van der Waals surface area (Å²) in [4.78, 5) is 27.2. The predicted molar refractivity (Wildman–Crippen MR) is 103 cm³/mol. The molecule has 1 aliphatic heterocycles. The van der Waals surface area contributed by atoms with Crippen molar-refractivity contribution < 1.29 is 9.59 Å². The molecule has 1 N–H and O–H groups in total. The van der Waals surface area contributed by atoms with Crippen LogP contribution in [0, 0.1) is 17.4 Å². The van der Waals surface area contributed by atoms with Crippen molar-refractivity contribution >= 4 is 40.1 Å². The highest BCUT2D eigenvalue weighted by molar-refractivity contribution is 14.1. The number of aryl methyl sites for hydroxylation is 1. The Bertz CT molecular complexity index is 832. The third kappa shape index (κ3) is 2.81. The summed E-state index contributed by atoms with van der Waals surface area (Å²) in [7, 11) is 0. The van der Waals surface area contributed by atoms with E-state index < -0.39 is 6.04 Å². The van der Waals surface area contributed by atoms with Crippen LogP contribution in [0.15, 0.2) is 36.4 Å². The lowest BCUT2D eigenvalue weighted by Gasteiger charge is -2.16. The van der Waals surface area contributed by atoms with Gasteiger partial charge in [-0.3, -0.25) is 9.59 Å². The van der Waals surface area contributed by atoms with Crippen molar-refractivity contribution in [3.63, 3.8) is 0 Å². The molecule has 1 atom stereocenters. The molecule has 2 amide bonds. The molecule has 4 nitrogen and oxygen atoms in total. The fourth-order valence-corrected chi connectivity index (χ4v) is 3.58. The average molecular weight is 434 g/mol. The minimum atomic E-state index is -0.621. The molecule has 0 saturated carbocycles. The highest BCUT2D eigenvalue weighted by Gasteiger charge is 2.37. The maximum Gasteiger partial charge on any atom is 0.254 e. The standard InChI is InChI=1S/C19H19IN2O2/c1-4-22-16-9-8-11(2)10-14(16)17(19(22)24)21-18(23)13-6-5-7-15(20)12(13)3/h5-10,17H,4H2,1-3H3,(H,21,23)/t17-/m1/s1. The number of hydrogen-bond donors (Lipinski definition) is 1. The lowest BCUT2D eigenvalue weighted by Crippen LogP contribution is -2.37. The van der Waals surface area contributed by atoms with Gasteiger partial charge < -0.3 is 10.2 Å². The predicted octanol–water partition coefficient (Wildman–Crippen LogP) is 3.75. The van der Waals surface area contributed by atoms with Gasteiger partial charge in [0.05, 0.1) is 0 Å². The normalized spacial score (nSPS) is 16.2. The first kappa shape index (κ1) is 17.0. The van der Waals surface area contributed by atoms with Crippen molar-refractivity contribution in [3.8, 4) is 0 Å². The second-order valence-corrected chi connectivity index (χ2v) is 7.13. The van der Waals surface area contributed by atoms with Crippen molar-refractivity contribution in [2.45, 2.75) is 26.8 Å². The first-order chi connectivity index (χ1) is 11.4. The minimum Gasteiger partial charge on any atom is -0.336 e. The van der Waals surface area contributed by atoms with Crippen molar-refractivity contribution in [2.75, 3.05) is 11.4 Å². The van der Waals surface area contributed by atoms with Crippen LogP contribution in [-0.4, -0.2) is 18.4 Å². The summed E-state index contributed by atoms with van der Waals surface area (Å²) < 4.78 is 1.03. The largest absolute Gasteiger partial charge is 0.336 e. The Morgan fingerprint density at radius 2 is 2.00 bits per heavy atom. The van der Waals surface area contributed by atoms with Gasteiger partial charge in [0.25, 0.3) is 11.8 Å². The molecule has 0 radical (unpaired) electrons. The Labute approximate surface area is 155 Å². The summed E-state index contributed by atoms with van der Waals surface area (Å²) in [6.07, 6.45) is 0. The van der Waals surface area contributed by atoms with Gasteiger partial charge in [0.2, 0.25) is 0 Å². The van der Waals surface area contributed by atoms with E-state index in [1.165, 1.54) is 0 Å². The molecule has 0 aromatic heterocycles. The van der Waals surface area contributed by atoms with Crippen molar-refractivity contribution in [2.24, 2.45) is 0 Å². The molecule has 0 saturated heterocycles. The zero-order chi connectivity index (χ0) is 17.4. The summed E-state index contributed by atoms with van der Waals surface area (Å²) in [5.74, 6) is -0.287. The molecule has 24 heavy (non-hydrogen) atoms. The number of likely N-dealkylation sites (N-methyl/N-ethyl adjacent to an activating group) is 1. The van der Waals surface area contributed by atoms with E-state index in [0.29, 0.717) is 12.1 Å². The molecule has 1 aliphatic rings. The number of anilines is 1. The molecule has 0 aliphatic carbocycles. The van der Waals surface area contributed by atoms with E-state index in [9.17, 15) is 9.59 Å². The smallest absolute Gasteiger partial charge is 0.254 e. The van der Waals surface area contributed by atoms with E-state index in [2.05, 4.69) is 27.9 Å². The lowest BCUT2D eigenvalue weighted by atomic mass is 10.0. The molecule has 0 unspecified atom stereocenters. The van der Waals surface area contributed by atoms with Gasteiger partial charge >= 0.3 is 0 Å². The van der Waals surface area contributed by atoms with E-state index in [1.54, 1.807) is 11.0 Å². The minimum absolute atomic E-state index is 0.0743. The summed E-state index contributed by atoms with van der Waals surface area (Å²) in [6.45, 7) is 6.44. The van der Waals surface area contributed by atoms with Crippen molar-refractivity contribution in [1.82, 2.24) is 5.32 Å². The van der Waals surface area contributed by atoms with Gasteiger partial charge in [0, 0.05) is 26.9 Å². The third-order valence-corrected chi connectivity index (χ3v) is 5.57. The molecule has 1 heterocycles. The summed E-state index contributed by atoms with van der Waals surface area (Å²) in [6, 6.07) is 10.9. The fraction of sp³-hybridized carbons (Fsp3) is 0.263. The SMILES string of the molecule is CCN1C(=O)[C@H](NC(=O)c2cccc(I)c2C)c2cc(C)ccc21. The molecule has 3 rings (SSSR count). The van der Waals surface area contributed by atoms with Gasteiger partial charge in [-0.25, -0.2) is 0 Å². The van der Waals surface area contributed by atoms with Crippen molar-refractivity contribution in [3.05, 3.63) is 62.2 Å². The van der Waals surface area contributed by atoms with Crippen LogP contribution in [0.25, 0.3) is 0 Å². The van der Waals surface area contributed by atoms with Gasteiger partial charge in [-0.1, -0.05) is 23.8 Å². The maximum absolute atomic E-state index is 12.7. The van der Waals surface area contributed by atoms with Crippen LogP contribution in [0.5, 0.6) is 0 Å². The zero-order valence-corrected chi connectivity index (χ0v) is 16.0. The third-order valence-electron chi connectivity index (χ3n) is 4.40. The van der Waals surface area contributed by atoms with Gasteiger partial charge in [-0.05, 0) is 67.1 Å². The Morgan fingerprint density at radius 3 is 2.71 bits per heavy atom. The summed E-state index contributed by atoms with van der Waals surface area (Å²) in [5.41, 5.74) is 4.37. The number of hydrogen-bond acceptors (Lipinski definition) is 2. The molecule has 0 spiro atoms. The molecular formula is C19H19IN2O2.